The van der Waals surface area contributed by atoms with E-state index in [0.29, 0.717) is 11.1 Å². The van der Waals surface area contributed by atoms with Gasteiger partial charge in [-0.1, -0.05) is 42.5 Å². The Kier molecular flexibility index (Phi) is 5.47. The minimum atomic E-state index is -1.10. The summed E-state index contributed by atoms with van der Waals surface area (Å²) in [5.74, 6) is -1.91. The molecule has 0 saturated carbocycles. The van der Waals surface area contributed by atoms with Gasteiger partial charge in [0.1, 0.15) is 16.4 Å². The first-order chi connectivity index (χ1) is 13.0. The van der Waals surface area contributed by atoms with Crippen LogP contribution in [0.15, 0.2) is 60.7 Å². The summed E-state index contributed by atoms with van der Waals surface area (Å²) in [5.41, 5.74) is 2.13. The van der Waals surface area contributed by atoms with E-state index in [1.54, 1.807) is 12.1 Å². The minimum absolute atomic E-state index is 0.0761. The maximum Gasteiger partial charge on any atom is 0.339 e. The van der Waals surface area contributed by atoms with Crippen LogP contribution in [0.25, 0.3) is 17.2 Å². The van der Waals surface area contributed by atoms with Crippen molar-refractivity contribution >= 4 is 34.3 Å². The van der Waals surface area contributed by atoms with Crippen LogP contribution in [0.1, 0.15) is 20.8 Å². The van der Waals surface area contributed by atoms with E-state index < -0.39 is 11.9 Å². The molecule has 0 spiro atoms. The second-order valence-electron chi connectivity index (χ2n) is 5.78. The van der Waals surface area contributed by atoms with Crippen molar-refractivity contribution in [3.63, 3.8) is 0 Å². The summed E-state index contributed by atoms with van der Waals surface area (Å²) in [6, 6.07) is 14.9. The van der Waals surface area contributed by atoms with Crippen LogP contribution >= 0.6 is 11.3 Å². The van der Waals surface area contributed by atoms with E-state index in [0.717, 1.165) is 10.4 Å². The van der Waals surface area contributed by atoms with E-state index in [9.17, 15) is 19.1 Å². The van der Waals surface area contributed by atoms with Gasteiger partial charge in [-0.3, -0.25) is 4.79 Å². The van der Waals surface area contributed by atoms with E-state index >= 15 is 0 Å². The van der Waals surface area contributed by atoms with Gasteiger partial charge in [-0.25, -0.2) is 9.18 Å². The smallest absolute Gasteiger partial charge is 0.339 e. The van der Waals surface area contributed by atoms with Crippen molar-refractivity contribution in [1.82, 2.24) is 0 Å². The van der Waals surface area contributed by atoms with Crippen molar-refractivity contribution < 1.29 is 19.1 Å². The highest BCUT2D eigenvalue weighted by atomic mass is 32.1. The van der Waals surface area contributed by atoms with Crippen LogP contribution in [0.4, 0.5) is 9.39 Å². The summed E-state index contributed by atoms with van der Waals surface area (Å²) in [7, 11) is 0. The Bertz CT molecular complexity index is 1010. The lowest BCUT2D eigenvalue weighted by Gasteiger charge is -2.05. The number of benzene rings is 2. The topological polar surface area (TPSA) is 66.4 Å². The molecule has 0 atom stereocenters. The molecule has 0 fully saturated rings. The molecule has 0 aliphatic heterocycles. The second-order valence-corrected chi connectivity index (χ2v) is 7.01. The zero-order valence-electron chi connectivity index (χ0n) is 14.4. The monoisotopic (exact) mass is 381 g/mol. The number of thiophene rings is 1. The third-order valence-corrected chi connectivity index (χ3v) is 4.92. The number of amides is 1. The molecule has 1 aromatic heterocycles. The molecule has 3 rings (SSSR count). The minimum Gasteiger partial charge on any atom is -0.478 e. The summed E-state index contributed by atoms with van der Waals surface area (Å²) in [4.78, 5) is 24.9. The first-order valence-corrected chi connectivity index (χ1v) is 8.94. The van der Waals surface area contributed by atoms with E-state index in [2.05, 4.69) is 5.32 Å². The molecule has 6 heteroatoms. The van der Waals surface area contributed by atoms with Crippen molar-refractivity contribution in [2.75, 3.05) is 5.32 Å². The number of hydrogen-bond acceptors (Lipinski definition) is 3. The average molecular weight is 381 g/mol. The predicted octanol–water partition coefficient (Wildman–Crippen LogP) is 5.21. The van der Waals surface area contributed by atoms with E-state index in [-0.39, 0.29) is 16.4 Å². The van der Waals surface area contributed by atoms with Crippen LogP contribution in [0, 0.1) is 12.7 Å². The van der Waals surface area contributed by atoms with E-state index in [4.69, 9.17) is 0 Å². The zero-order chi connectivity index (χ0) is 19.4. The molecular formula is C21H16FNO3S. The second kappa shape index (κ2) is 7.97. The Morgan fingerprint density at radius 1 is 1.07 bits per heavy atom. The lowest BCUT2D eigenvalue weighted by atomic mass is 10.0. The largest absolute Gasteiger partial charge is 0.478 e. The van der Waals surface area contributed by atoms with E-state index in [1.807, 2.05) is 37.3 Å². The maximum atomic E-state index is 12.9. The molecule has 136 valence electrons. The van der Waals surface area contributed by atoms with Gasteiger partial charge in [0.05, 0.1) is 0 Å². The summed E-state index contributed by atoms with van der Waals surface area (Å²) >= 11 is 1.22. The number of carboxylic acids is 1. The van der Waals surface area contributed by atoms with Crippen molar-refractivity contribution in [3.8, 4) is 11.1 Å². The van der Waals surface area contributed by atoms with Gasteiger partial charge in [-0.15, -0.1) is 11.3 Å². The predicted molar refractivity (Wildman–Crippen MR) is 106 cm³/mol. The Balaban J connectivity index is 1.87. The Hall–Kier alpha value is -3.25. The molecule has 4 nitrogen and oxygen atoms in total. The van der Waals surface area contributed by atoms with Crippen molar-refractivity contribution in [2.24, 2.45) is 0 Å². The fraction of sp³-hybridized carbons (Fsp3) is 0.0476. The van der Waals surface area contributed by atoms with Crippen molar-refractivity contribution in [2.45, 2.75) is 6.92 Å². The molecule has 1 amide bonds. The average Bonchev–Trinajstić information content (AvgIpc) is 2.98. The summed E-state index contributed by atoms with van der Waals surface area (Å²) < 4.78 is 12.9. The number of halogens is 1. The van der Waals surface area contributed by atoms with Gasteiger partial charge >= 0.3 is 5.97 Å². The number of anilines is 1. The molecule has 2 aromatic carbocycles. The number of rotatable bonds is 5. The van der Waals surface area contributed by atoms with E-state index in [1.165, 1.54) is 35.6 Å². The van der Waals surface area contributed by atoms with Gasteiger partial charge in [-0.05, 0) is 36.3 Å². The van der Waals surface area contributed by atoms with Crippen molar-refractivity contribution in [1.29, 1.82) is 0 Å². The molecule has 0 bridgehead atoms. The number of nitrogens with one attached hydrogen (secondary N) is 1. The van der Waals surface area contributed by atoms with Gasteiger partial charge in [-0.2, -0.15) is 0 Å². The highest BCUT2D eigenvalue weighted by Gasteiger charge is 2.23. The number of aromatic carboxylic acids is 1. The lowest BCUT2D eigenvalue weighted by molar-refractivity contribution is -0.111. The molecule has 2 N–H and O–H groups in total. The fourth-order valence-corrected chi connectivity index (χ4v) is 3.76. The zero-order valence-corrected chi connectivity index (χ0v) is 15.2. The maximum absolute atomic E-state index is 12.9. The van der Waals surface area contributed by atoms with Gasteiger partial charge < -0.3 is 10.4 Å². The Morgan fingerprint density at radius 3 is 2.37 bits per heavy atom. The summed E-state index contributed by atoms with van der Waals surface area (Å²) in [5, 5.41) is 12.6. The number of carboxylic acid groups (broad SMARTS) is 1. The Morgan fingerprint density at radius 2 is 1.74 bits per heavy atom. The number of carbonyl (C=O) groups is 2. The first kappa shape index (κ1) is 18.5. The van der Waals surface area contributed by atoms with Crippen LogP contribution in [-0.2, 0) is 4.79 Å². The number of carbonyl (C=O) groups excluding carboxylic acids is 1. The molecule has 3 aromatic rings. The molecule has 0 radical (unpaired) electrons. The SMILES string of the molecule is Cc1sc(NC(=O)/C=C/c2ccc(F)cc2)c(C(=O)O)c1-c1ccccc1. The summed E-state index contributed by atoms with van der Waals surface area (Å²) in [6.07, 6.45) is 2.82. The van der Waals surface area contributed by atoms with Crippen LogP contribution in [0.5, 0.6) is 0 Å². The molecule has 0 unspecified atom stereocenters. The van der Waals surface area contributed by atoms with Crippen LogP contribution in [0.2, 0.25) is 0 Å². The van der Waals surface area contributed by atoms with Crippen molar-refractivity contribution in [3.05, 3.63) is 82.5 Å². The lowest BCUT2D eigenvalue weighted by Crippen LogP contribution is -2.10. The molecule has 0 aliphatic rings. The highest BCUT2D eigenvalue weighted by Crippen LogP contribution is 2.39. The van der Waals surface area contributed by atoms with Crippen LogP contribution in [-0.4, -0.2) is 17.0 Å². The Labute approximate surface area is 159 Å². The van der Waals surface area contributed by atoms with Gasteiger partial charge in [0.15, 0.2) is 0 Å². The number of hydrogen-bond donors (Lipinski definition) is 2. The van der Waals surface area contributed by atoms with Gasteiger partial charge in [0.25, 0.3) is 0 Å². The molecular weight excluding hydrogens is 365 g/mol. The summed E-state index contributed by atoms with van der Waals surface area (Å²) in [6.45, 7) is 1.82. The fourth-order valence-electron chi connectivity index (χ4n) is 2.69. The van der Waals surface area contributed by atoms with Gasteiger partial charge in [0.2, 0.25) is 5.91 Å². The quantitative estimate of drug-likeness (QED) is 0.596. The molecule has 1 heterocycles. The highest BCUT2D eigenvalue weighted by molar-refractivity contribution is 7.17. The molecule has 0 saturated heterocycles. The molecule has 0 aliphatic carbocycles. The third-order valence-electron chi connectivity index (χ3n) is 3.89. The third kappa shape index (κ3) is 4.30. The van der Waals surface area contributed by atoms with Gasteiger partial charge in [0, 0.05) is 16.5 Å². The van der Waals surface area contributed by atoms with Crippen LogP contribution < -0.4 is 5.32 Å². The first-order valence-electron chi connectivity index (χ1n) is 8.12. The molecule has 27 heavy (non-hydrogen) atoms. The van der Waals surface area contributed by atoms with Crippen LogP contribution in [0.3, 0.4) is 0 Å². The standard InChI is InChI=1S/C21H16FNO3S/c1-13-18(15-5-3-2-4-6-15)19(21(25)26)20(27-13)23-17(24)12-9-14-7-10-16(22)11-8-14/h2-12H,1H3,(H,23,24)(H,25,26)/b12-9+. The number of aryl methyl sites for hydroxylation is 1. The normalized spacial score (nSPS) is 10.9.